The minimum absolute atomic E-state index is 0.831. The highest BCUT2D eigenvalue weighted by atomic mass is 32.2. The maximum atomic E-state index is 4.98. The van der Waals surface area contributed by atoms with Crippen LogP contribution in [0.4, 0.5) is 0 Å². The van der Waals surface area contributed by atoms with Gasteiger partial charge in [0.25, 0.3) is 0 Å². The van der Waals surface area contributed by atoms with Gasteiger partial charge in [0.2, 0.25) is 0 Å². The van der Waals surface area contributed by atoms with Crippen LogP contribution in [0.2, 0.25) is 0 Å². The molecule has 0 spiro atoms. The van der Waals surface area contributed by atoms with E-state index < -0.39 is 0 Å². The minimum Gasteiger partial charge on any atom is -0.491 e. The summed E-state index contributed by atoms with van der Waals surface area (Å²) in [6, 6.07) is 0. The van der Waals surface area contributed by atoms with Gasteiger partial charge in [-0.15, -0.1) is 11.8 Å². The van der Waals surface area contributed by atoms with Crippen LogP contribution in [0.25, 0.3) is 0 Å². The molecule has 1 rings (SSSR count). The van der Waals surface area contributed by atoms with E-state index in [9.17, 15) is 0 Å². The van der Waals surface area contributed by atoms with E-state index in [2.05, 4.69) is 6.92 Å². The van der Waals surface area contributed by atoms with E-state index in [1.165, 1.54) is 5.57 Å². The van der Waals surface area contributed by atoms with E-state index in [1.54, 1.807) is 0 Å². The lowest BCUT2D eigenvalue weighted by molar-refractivity contribution is 0.310. The summed E-state index contributed by atoms with van der Waals surface area (Å²) in [5, 5.41) is 0. The van der Waals surface area contributed by atoms with Crippen LogP contribution >= 0.6 is 11.8 Å². The van der Waals surface area contributed by atoms with Crippen LogP contribution in [0.15, 0.2) is 11.8 Å². The summed E-state index contributed by atoms with van der Waals surface area (Å²) in [6.07, 6.45) is 1.83. The second kappa shape index (κ2) is 2.26. The van der Waals surface area contributed by atoms with Gasteiger partial charge in [0, 0.05) is 5.75 Å². The fourth-order valence-corrected chi connectivity index (χ4v) is 1.10. The first-order valence-corrected chi connectivity index (χ1v) is 3.40. The lowest BCUT2D eigenvalue weighted by Crippen LogP contribution is -1.94. The molecule has 0 bridgehead atoms. The molecule has 0 N–H and O–H groups in total. The molecule has 0 aliphatic carbocycles. The lowest BCUT2D eigenvalue weighted by Gasteiger charge is -2.07. The number of ether oxygens (including phenoxy) is 1. The van der Waals surface area contributed by atoms with Gasteiger partial charge in [0.15, 0.2) is 0 Å². The number of hydrogen-bond acceptors (Lipinski definition) is 2. The van der Waals surface area contributed by atoms with Gasteiger partial charge in [-0.2, -0.15) is 0 Å². The Morgan fingerprint density at radius 1 is 1.86 bits per heavy atom. The van der Waals surface area contributed by atoms with Crippen molar-refractivity contribution in [1.82, 2.24) is 0 Å². The fraction of sp³-hybridized carbons (Fsp3) is 0.600. The molecule has 1 heterocycles. The average Bonchev–Trinajstić information content (AvgIpc) is 1.69. The summed E-state index contributed by atoms with van der Waals surface area (Å²) in [7, 11) is 0. The highest BCUT2D eigenvalue weighted by molar-refractivity contribution is 7.99. The highest BCUT2D eigenvalue weighted by Gasteiger charge is 1.95. The smallest absolute Gasteiger partial charge is 0.133 e. The van der Waals surface area contributed by atoms with Crippen molar-refractivity contribution in [3.05, 3.63) is 11.8 Å². The standard InChI is InChI=1S/C5H8OS/c1-5-2-6-4-7-3-5/h2H,3-4H2,1H3. The number of thioether (sulfide) groups is 1. The Hall–Kier alpha value is -0.110. The van der Waals surface area contributed by atoms with Crippen LogP contribution in [0.1, 0.15) is 6.92 Å². The van der Waals surface area contributed by atoms with E-state index in [0.29, 0.717) is 0 Å². The van der Waals surface area contributed by atoms with Gasteiger partial charge in [0.05, 0.1) is 6.26 Å². The first-order chi connectivity index (χ1) is 3.39. The molecule has 0 aromatic heterocycles. The molecule has 1 aliphatic rings. The van der Waals surface area contributed by atoms with E-state index in [1.807, 2.05) is 18.0 Å². The van der Waals surface area contributed by atoms with Crippen molar-refractivity contribution in [2.75, 3.05) is 11.7 Å². The largest absolute Gasteiger partial charge is 0.491 e. The molecule has 7 heavy (non-hydrogen) atoms. The van der Waals surface area contributed by atoms with Crippen molar-refractivity contribution in [1.29, 1.82) is 0 Å². The Bertz CT molecular complexity index is 88.1. The zero-order valence-electron chi connectivity index (χ0n) is 4.31. The van der Waals surface area contributed by atoms with Gasteiger partial charge < -0.3 is 4.74 Å². The minimum atomic E-state index is 0.831. The third kappa shape index (κ3) is 1.43. The molecule has 0 unspecified atom stereocenters. The van der Waals surface area contributed by atoms with Crippen molar-refractivity contribution in [2.24, 2.45) is 0 Å². The third-order valence-corrected chi connectivity index (χ3v) is 1.73. The molecule has 2 heteroatoms. The van der Waals surface area contributed by atoms with Crippen LogP contribution in [0.5, 0.6) is 0 Å². The van der Waals surface area contributed by atoms with E-state index in [-0.39, 0.29) is 0 Å². The van der Waals surface area contributed by atoms with Crippen molar-refractivity contribution in [2.45, 2.75) is 6.92 Å². The Morgan fingerprint density at radius 2 is 2.71 bits per heavy atom. The molecule has 0 aromatic carbocycles. The molecule has 0 saturated carbocycles. The predicted octanol–water partition coefficient (Wildman–Crippen LogP) is 1.61. The summed E-state index contributed by atoms with van der Waals surface area (Å²) in [6.45, 7) is 2.08. The van der Waals surface area contributed by atoms with Crippen molar-refractivity contribution in [3.63, 3.8) is 0 Å². The first kappa shape index (κ1) is 5.04. The van der Waals surface area contributed by atoms with Crippen LogP contribution in [0, 0.1) is 0 Å². The fourth-order valence-electron chi connectivity index (χ4n) is 0.461. The number of hydrogen-bond donors (Lipinski definition) is 0. The second-order valence-electron chi connectivity index (χ2n) is 1.60. The summed E-state index contributed by atoms with van der Waals surface area (Å²) in [5.74, 6) is 1.97. The van der Waals surface area contributed by atoms with Crippen molar-refractivity contribution < 1.29 is 4.74 Å². The van der Waals surface area contributed by atoms with E-state index >= 15 is 0 Å². The summed E-state index contributed by atoms with van der Waals surface area (Å²) in [5.41, 5.74) is 1.33. The zero-order chi connectivity index (χ0) is 5.11. The molecule has 1 aliphatic heterocycles. The molecule has 0 saturated heterocycles. The normalized spacial score (nSPS) is 20.4. The molecule has 0 aromatic rings. The lowest BCUT2D eigenvalue weighted by atomic mass is 10.4. The third-order valence-electron chi connectivity index (χ3n) is 0.766. The molecule has 1 nitrogen and oxygen atoms in total. The summed E-state index contributed by atoms with van der Waals surface area (Å²) >= 11 is 1.81. The molecule has 0 atom stereocenters. The van der Waals surface area contributed by atoms with Gasteiger partial charge in [-0.3, -0.25) is 0 Å². The Kier molecular flexibility index (Phi) is 1.63. The van der Waals surface area contributed by atoms with Crippen molar-refractivity contribution >= 4 is 11.8 Å². The molecule has 40 valence electrons. The van der Waals surface area contributed by atoms with Gasteiger partial charge in [-0.05, 0) is 12.5 Å². The van der Waals surface area contributed by atoms with Crippen LogP contribution in [-0.2, 0) is 4.74 Å². The zero-order valence-corrected chi connectivity index (χ0v) is 5.12. The quantitative estimate of drug-likeness (QED) is 0.475. The molecule has 0 radical (unpaired) electrons. The average molecular weight is 116 g/mol. The topological polar surface area (TPSA) is 9.23 Å². The maximum absolute atomic E-state index is 4.98. The van der Waals surface area contributed by atoms with E-state index in [0.717, 1.165) is 11.7 Å². The Morgan fingerprint density at radius 3 is 3.00 bits per heavy atom. The molecule has 0 fully saturated rings. The summed E-state index contributed by atoms with van der Waals surface area (Å²) < 4.78 is 4.98. The van der Waals surface area contributed by atoms with Gasteiger partial charge in [-0.25, -0.2) is 0 Å². The Labute approximate surface area is 47.7 Å². The maximum Gasteiger partial charge on any atom is 0.133 e. The Balaban J connectivity index is 2.40. The molecular weight excluding hydrogens is 108 g/mol. The predicted molar refractivity (Wildman–Crippen MR) is 32.2 cm³/mol. The van der Waals surface area contributed by atoms with Gasteiger partial charge in [0.1, 0.15) is 5.94 Å². The van der Waals surface area contributed by atoms with Crippen LogP contribution in [0.3, 0.4) is 0 Å². The van der Waals surface area contributed by atoms with Gasteiger partial charge >= 0.3 is 0 Å². The highest BCUT2D eigenvalue weighted by Crippen LogP contribution is 2.12. The second-order valence-corrected chi connectivity index (χ2v) is 2.53. The number of rotatable bonds is 0. The molecule has 0 amide bonds. The summed E-state index contributed by atoms with van der Waals surface area (Å²) in [4.78, 5) is 0. The van der Waals surface area contributed by atoms with Gasteiger partial charge in [-0.1, -0.05) is 0 Å². The monoisotopic (exact) mass is 116 g/mol. The van der Waals surface area contributed by atoms with Crippen LogP contribution in [-0.4, -0.2) is 11.7 Å². The van der Waals surface area contributed by atoms with Crippen molar-refractivity contribution in [3.8, 4) is 0 Å². The first-order valence-electron chi connectivity index (χ1n) is 2.24. The van der Waals surface area contributed by atoms with Crippen LogP contribution < -0.4 is 0 Å². The SMILES string of the molecule is CC1=COCSC1. The van der Waals surface area contributed by atoms with E-state index in [4.69, 9.17) is 4.74 Å². The molecular formula is C5H8OS.